The molecule has 0 spiro atoms. The van der Waals surface area contributed by atoms with E-state index in [1.54, 1.807) is 18.3 Å². The summed E-state index contributed by atoms with van der Waals surface area (Å²) in [5, 5.41) is 18.0. The maximum absolute atomic E-state index is 11.9. The first-order chi connectivity index (χ1) is 11.6. The number of aromatic amines is 1. The fourth-order valence-corrected chi connectivity index (χ4v) is 3.17. The van der Waals surface area contributed by atoms with E-state index in [0.29, 0.717) is 0 Å². The molecule has 2 aromatic rings. The number of benzene rings is 1. The Balaban J connectivity index is 2.01. The van der Waals surface area contributed by atoms with Gasteiger partial charge in [0, 0.05) is 30.1 Å². The third-order valence-electron chi connectivity index (χ3n) is 4.32. The van der Waals surface area contributed by atoms with E-state index >= 15 is 0 Å². The number of ether oxygens (including phenoxy) is 1. The molecule has 24 heavy (non-hydrogen) atoms. The minimum absolute atomic E-state index is 0.0310. The molecular formula is C16H18N4O4. The number of rotatable bonds is 4. The SMILES string of the molecule is COC(=O)c1cc(N2CCCC[C@@H]2c2cn[nH]c2)ccc1[N+](=O)[O-]. The molecule has 2 heterocycles. The highest BCUT2D eigenvalue weighted by Crippen LogP contribution is 2.36. The molecule has 8 heteroatoms. The van der Waals surface area contributed by atoms with E-state index in [1.807, 2.05) is 6.20 Å². The van der Waals surface area contributed by atoms with Crippen LogP contribution in [-0.2, 0) is 4.74 Å². The standard InChI is InChI=1S/C16H18N4O4/c1-24-16(21)13-8-12(5-6-15(13)20(22)23)19-7-3-2-4-14(19)11-9-17-18-10-11/h5-6,8-10,14H,2-4,7H2,1H3,(H,17,18)/t14-/m1/s1. The van der Waals surface area contributed by atoms with Crippen molar-refractivity contribution in [3.05, 3.63) is 51.8 Å². The van der Waals surface area contributed by atoms with E-state index < -0.39 is 10.9 Å². The van der Waals surface area contributed by atoms with Crippen molar-refractivity contribution in [2.45, 2.75) is 25.3 Å². The quantitative estimate of drug-likeness (QED) is 0.525. The van der Waals surface area contributed by atoms with Gasteiger partial charge in [0.25, 0.3) is 5.69 Å². The van der Waals surface area contributed by atoms with E-state index in [0.717, 1.165) is 37.1 Å². The van der Waals surface area contributed by atoms with Crippen LogP contribution < -0.4 is 4.90 Å². The van der Waals surface area contributed by atoms with Crippen LogP contribution in [0.15, 0.2) is 30.6 Å². The maximum Gasteiger partial charge on any atom is 0.344 e. The summed E-state index contributed by atoms with van der Waals surface area (Å²) in [4.78, 5) is 24.7. The zero-order valence-electron chi connectivity index (χ0n) is 13.3. The fraction of sp³-hybridized carbons (Fsp3) is 0.375. The summed E-state index contributed by atoms with van der Waals surface area (Å²) in [5.74, 6) is -0.708. The largest absolute Gasteiger partial charge is 0.465 e. The van der Waals surface area contributed by atoms with E-state index in [1.165, 1.54) is 13.2 Å². The molecule has 0 radical (unpaired) electrons. The van der Waals surface area contributed by atoms with Crippen LogP contribution in [0, 0.1) is 10.1 Å². The number of nitrogens with one attached hydrogen (secondary N) is 1. The fourth-order valence-electron chi connectivity index (χ4n) is 3.17. The van der Waals surface area contributed by atoms with Gasteiger partial charge >= 0.3 is 5.97 Å². The van der Waals surface area contributed by atoms with Gasteiger partial charge in [0.2, 0.25) is 0 Å². The first-order valence-corrected chi connectivity index (χ1v) is 7.74. The lowest BCUT2D eigenvalue weighted by Gasteiger charge is -2.37. The van der Waals surface area contributed by atoms with Crippen molar-refractivity contribution >= 4 is 17.3 Å². The Morgan fingerprint density at radius 3 is 2.96 bits per heavy atom. The monoisotopic (exact) mass is 330 g/mol. The van der Waals surface area contributed by atoms with Crippen molar-refractivity contribution in [1.29, 1.82) is 0 Å². The predicted molar refractivity (Wildman–Crippen MR) is 87.0 cm³/mol. The molecule has 1 aliphatic heterocycles. The minimum atomic E-state index is -0.708. The van der Waals surface area contributed by atoms with Gasteiger partial charge in [0.15, 0.2) is 0 Å². The summed E-state index contributed by atoms with van der Waals surface area (Å²) in [6.07, 6.45) is 6.73. The van der Waals surface area contributed by atoms with E-state index in [4.69, 9.17) is 4.74 Å². The lowest BCUT2D eigenvalue weighted by molar-refractivity contribution is -0.385. The average Bonchev–Trinajstić information content (AvgIpc) is 3.15. The third-order valence-corrected chi connectivity index (χ3v) is 4.32. The zero-order valence-corrected chi connectivity index (χ0v) is 13.3. The summed E-state index contributed by atoms with van der Waals surface area (Å²) in [6.45, 7) is 0.814. The molecule has 0 amide bonds. The number of methoxy groups -OCH3 is 1. The van der Waals surface area contributed by atoms with E-state index in [-0.39, 0.29) is 17.3 Å². The smallest absolute Gasteiger partial charge is 0.344 e. The summed E-state index contributed by atoms with van der Waals surface area (Å²) < 4.78 is 4.69. The molecule has 1 aliphatic rings. The lowest BCUT2D eigenvalue weighted by Crippen LogP contribution is -2.33. The van der Waals surface area contributed by atoms with E-state index in [9.17, 15) is 14.9 Å². The van der Waals surface area contributed by atoms with Crippen molar-refractivity contribution in [3.8, 4) is 0 Å². The summed E-state index contributed by atoms with van der Waals surface area (Å²) in [6, 6.07) is 4.72. The van der Waals surface area contributed by atoms with E-state index in [2.05, 4.69) is 15.1 Å². The number of piperidine rings is 1. The Bertz CT molecular complexity index is 745. The van der Waals surface area contributed by atoms with Gasteiger partial charge in [-0.05, 0) is 31.4 Å². The van der Waals surface area contributed by atoms with Gasteiger partial charge in [-0.2, -0.15) is 5.10 Å². The Morgan fingerprint density at radius 2 is 2.29 bits per heavy atom. The molecule has 126 valence electrons. The van der Waals surface area contributed by atoms with Gasteiger partial charge in [-0.1, -0.05) is 0 Å². The average molecular weight is 330 g/mol. The summed E-state index contributed by atoms with van der Waals surface area (Å²) >= 11 is 0. The summed E-state index contributed by atoms with van der Waals surface area (Å²) in [5.41, 5.74) is 1.55. The minimum Gasteiger partial charge on any atom is -0.465 e. The molecule has 1 atom stereocenters. The third kappa shape index (κ3) is 2.94. The van der Waals surface area contributed by atoms with Crippen LogP contribution in [0.1, 0.15) is 41.2 Å². The van der Waals surface area contributed by atoms with Crippen LogP contribution in [0.25, 0.3) is 0 Å². The van der Waals surface area contributed by atoms with Crippen LogP contribution in [0.3, 0.4) is 0 Å². The van der Waals surface area contributed by atoms with Gasteiger partial charge < -0.3 is 9.64 Å². The van der Waals surface area contributed by atoms with Gasteiger partial charge in [0.1, 0.15) is 5.56 Å². The number of carbonyl (C=O) groups excluding carboxylic acids is 1. The van der Waals surface area contributed by atoms with Crippen molar-refractivity contribution in [2.24, 2.45) is 0 Å². The number of hydrogen-bond acceptors (Lipinski definition) is 6. The van der Waals surface area contributed by atoms with Crippen LogP contribution in [0.5, 0.6) is 0 Å². The van der Waals surface area contributed by atoms with Gasteiger partial charge in [-0.15, -0.1) is 0 Å². The number of carbonyl (C=O) groups is 1. The van der Waals surface area contributed by atoms with Gasteiger partial charge in [-0.25, -0.2) is 4.79 Å². The molecule has 1 aromatic carbocycles. The van der Waals surface area contributed by atoms with Crippen molar-refractivity contribution in [3.63, 3.8) is 0 Å². The number of nitro groups is 1. The van der Waals surface area contributed by atoms with Crippen LogP contribution in [-0.4, -0.2) is 34.7 Å². The highest BCUT2D eigenvalue weighted by atomic mass is 16.6. The number of H-pyrrole nitrogens is 1. The highest BCUT2D eigenvalue weighted by Gasteiger charge is 2.28. The number of hydrogen-bond donors (Lipinski definition) is 1. The second kappa shape index (κ2) is 6.69. The Morgan fingerprint density at radius 1 is 1.46 bits per heavy atom. The molecular weight excluding hydrogens is 312 g/mol. The highest BCUT2D eigenvalue weighted by molar-refractivity contribution is 5.95. The van der Waals surface area contributed by atoms with Crippen LogP contribution in [0.2, 0.25) is 0 Å². The molecule has 3 rings (SSSR count). The molecule has 0 aliphatic carbocycles. The Hall–Kier alpha value is -2.90. The molecule has 1 aromatic heterocycles. The number of nitrogens with zero attached hydrogens (tertiary/aromatic N) is 3. The second-order valence-corrected chi connectivity index (χ2v) is 5.69. The first kappa shape index (κ1) is 16.0. The van der Waals surface area contributed by atoms with Crippen LogP contribution >= 0.6 is 0 Å². The van der Waals surface area contributed by atoms with Gasteiger partial charge in [0.05, 0.1) is 24.3 Å². The van der Waals surface area contributed by atoms with Crippen LogP contribution in [0.4, 0.5) is 11.4 Å². The number of anilines is 1. The van der Waals surface area contributed by atoms with Crippen molar-refractivity contribution in [1.82, 2.24) is 10.2 Å². The molecule has 0 bridgehead atoms. The van der Waals surface area contributed by atoms with Crippen molar-refractivity contribution < 1.29 is 14.5 Å². The summed E-state index contributed by atoms with van der Waals surface area (Å²) in [7, 11) is 1.22. The molecule has 0 saturated carbocycles. The number of nitro benzene ring substituents is 1. The molecule has 0 unspecified atom stereocenters. The van der Waals surface area contributed by atoms with Crippen molar-refractivity contribution in [2.75, 3.05) is 18.6 Å². The zero-order chi connectivity index (χ0) is 17.1. The Labute approximate surface area is 138 Å². The second-order valence-electron chi connectivity index (χ2n) is 5.69. The molecule has 8 nitrogen and oxygen atoms in total. The topological polar surface area (TPSA) is 101 Å². The first-order valence-electron chi connectivity index (χ1n) is 7.74. The van der Waals surface area contributed by atoms with Gasteiger partial charge in [-0.3, -0.25) is 15.2 Å². The Kier molecular flexibility index (Phi) is 4.45. The molecule has 1 N–H and O–H groups in total. The molecule has 1 fully saturated rings. The number of aromatic nitrogens is 2. The molecule has 1 saturated heterocycles. The maximum atomic E-state index is 11.9. The predicted octanol–water partition coefficient (Wildman–Crippen LogP) is 2.84. The lowest BCUT2D eigenvalue weighted by atomic mass is 9.96. The number of esters is 1. The normalized spacial score (nSPS) is 17.5.